The van der Waals surface area contributed by atoms with Crippen LogP contribution < -0.4 is 5.32 Å². The van der Waals surface area contributed by atoms with Crippen molar-refractivity contribution in [2.24, 2.45) is 0 Å². The van der Waals surface area contributed by atoms with Gasteiger partial charge in [0, 0.05) is 6.54 Å². The van der Waals surface area contributed by atoms with Crippen molar-refractivity contribution in [2.75, 3.05) is 6.54 Å². The number of piperazine rings is 1. The summed E-state index contributed by atoms with van der Waals surface area (Å²) in [6.07, 6.45) is 8.50. The summed E-state index contributed by atoms with van der Waals surface area (Å²) in [6.45, 7) is 8.69. The van der Waals surface area contributed by atoms with Gasteiger partial charge in [0.1, 0.15) is 11.6 Å². The molecule has 1 rings (SSSR count). The first-order chi connectivity index (χ1) is 10.00. The van der Waals surface area contributed by atoms with E-state index in [4.69, 9.17) is 0 Å². The highest BCUT2D eigenvalue weighted by Crippen LogP contribution is 2.23. The zero-order chi connectivity index (χ0) is 15.9. The lowest BCUT2D eigenvalue weighted by atomic mass is 9.91. The molecular formula is C17H32N2O2. The molecule has 0 bridgehead atoms. The molecule has 1 heterocycles. The summed E-state index contributed by atoms with van der Waals surface area (Å²) in [4.78, 5) is 26.7. The Morgan fingerprint density at radius 3 is 2.24 bits per heavy atom. The Kier molecular flexibility index (Phi) is 7.20. The number of carbonyl (C=O) groups is 2. The Labute approximate surface area is 129 Å². The van der Waals surface area contributed by atoms with Gasteiger partial charge in [0.2, 0.25) is 11.8 Å². The van der Waals surface area contributed by atoms with Gasteiger partial charge in [-0.05, 0) is 26.2 Å². The largest absolute Gasteiger partial charge is 0.340 e. The van der Waals surface area contributed by atoms with Crippen LogP contribution in [0.15, 0.2) is 0 Å². The lowest BCUT2D eigenvalue weighted by Crippen LogP contribution is -2.68. The maximum atomic E-state index is 12.7. The van der Waals surface area contributed by atoms with E-state index >= 15 is 0 Å². The molecule has 0 aromatic heterocycles. The van der Waals surface area contributed by atoms with Crippen molar-refractivity contribution in [1.29, 1.82) is 0 Å². The first-order valence-corrected chi connectivity index (χ1v) is 8.63. The molecule has 0 aromatic rings. The molecule has 0 aliphatic carbocycles. The lowest BCUT2D eigenvalue weighted by molar-refractivity contribution is -0.154. The monoisotopic (exact) mass is 296 g/mol. The molecule has 0 saturated carbocycles. The Balaban J connectivity index is 2.58. The van der Waals surface area contributed by atoms with E-state index in [0.29, 0.717) is 19.4 Å². The van der Waals surface area contributed by atoms with Gasteiger partial charge in [0.15, 0.2) is 0 Å². The lowest BCUT2D eigenvalue weighted by Gasteiger charge is -2.44. The van der Waals surface area contributed by atoms with Crippen molar-refractivity contribution >= 4 is 11.8 Å². The standard InChI is InChI=1S/C17H32N2O2/c1-5-8-9-10-11-12-13-19-14(6-2)15(20)18-17(4,7-3)16(19)21/h14H,5-13H2,1-4H3,(H,18,20). The Hall–Kier alpha value is -1.06. The number of nitrogens with one attached hydrogen (secondary N) is 1. The van der Waals surface area contributed by atoms with Gasteiger partial charge in [-0.2, -0.15) is 0 Å². The second kappa shape index (κ2) is 8.40. The molecule has 21 heavy (non-hydrogen) atoms. The summed E-state index contributed by atoms with van der Waals surface area (Å²) in [6, 6.07) is -0.284. The first-order valence-electron chi connectivity index (χ1n) is 8.63. The summed E-state index contributed by atoms with van der Waals surface area (Å²) in [5.41, 5.74) is -0.717. The van der Waals surface area contributed by atoms with Gasteiger partial charge in [0.25, 0.3) is 0 Å². The molecule has 1 aliphatic rings. The average Bonchev–Trinajstić information content (AvgIpc) is 2.47. The summed E-state index contributed by atoms with van der Waals surface area (Å²) in [5.74, 6) is 0.0949. The van der Waals surface area contributed by atoms with Crippen LogP contribution in [0.1, 0.15) is 79.1 Å². The first kappa shape index (κ1) is 18.0. The Bertz CT molecular complexity index is 357. The van der Waals surface area contributed by atoms with Gasteiger partial charge < -0.3 is 10.2 Å². The molecule has 0 aromatic carbocycles. The minimum atomic E-state index is -0.717. The normalized spacial score (nSPS) is 26.1. The average molecular weight is 296 g/mol. The van der Waals surface area contributed by atoms with Gasteiger partial charge in [-0.15, -0.1) is 0 Å². The highest BCUT2D eigenvalue weighted by Gasteiger charge is 2.45. The van der Waals surface area contributed by atoms with Gasteiger partial charge >= 0.3 is 0 Å². The second-order valence-corrected chi connectivity index (χ2v) is 6.37. The van der Waals surface area contributed by atoms with Crippen LogP contribution in [0.5, 0.6) is 0 Å². The van der Waals surface area contributed by atoms with E-state index in [1.54, 1.807) is 0 Å². The third-order valence-electron chi connectivity index (χ3n) is 4.66. The van der Waals surface area contributed by atoms with Crippen LogP contribution in [-0.4, -0.2) is 34.8 Å². The summed E-state index contributed by atoms with van der Waals surface area (Å²) < 4.78 is 0. The third-order valence-corrected chi connectivity index (χ3v) is 4.66. The zero-order valence-electron chi connectivity index (χ0n) is 14.2. The minimum Gasteiger partial charge on any atom is -0.340 e. The van der Waals surface area contributed by atoms with E-state index in [2.05, 4.69) is 12.2 Å². The highest BCUT2D eigenvalue weighted by atomic mass is 16.2. The number of nitrogens with zero attached hydrogens (tertiary/aromatic N) is 1. The minimum absolute atomic E-state index is 0.00688. The molecule has 1 fully saturated rings. The van der Waals surface area contributed by atoms with Crippen LogP contribution in [0.25, 0.3) is 0 Å². The van der Waals surface area contributed by atoms with Gasteiger partial charge in [-0.1, -0.05) is 52.9 Å². The molecule has 1 saturated heterocycles. The molecule has 4 nitrogen and oxygen atoms in total. The summed E-state index contributed by atoms with van der Waals surface area (Å²) in [5, 5.41) is 2.91. The molecule has 2 amide bonds. The van der Waals surface area contributed by atoms with Crippen molar-refractivity contribution in [1.82, 2.24) is 10.2 Å². The molecule has 1 aliphatic heterocycles. The molecule has 4 heteroatoms. The quantitative estimate of drug-likeness (QED) is 0.664. The van der Waals surface area contributed by atoms with Crippen LogP contribution in [0, 0.1) is 0 Å². The van der Waals surface area contributed by atoms with E-state index in [-0.39, 0.29) is 17.9 Å². The number of hydrogen-bond donors (Lipinski definition) is 1. The highest BCUT2D eigenvalue weighted by molar-refractivity contribution is 5.99. The van der Waals surface area contributed by atoms with Crippen LogP contribution in [0.4, 0.5) is 0 Å². The third kappa shape index (κ3) is 4.45. The predicted octanol–water partition coefficient (Wildman–Crippen LogP) is 3.25. The molecule has 0 radical (unpaired) electrons. The second-order valence-electron chi connectivity index (χ2n) is 6.37. The van der Waals surface area contributed by atoms with Crippen molar-refractivity contribution in [2.45, 2.75) is 90.6 Å². The smallest absolute Gasteiger partial charge is 0.248 e. The van der Waals surface area contributed by atoms with Gasteiger partial charge in [-0.3, -0.25) is 9.59 Å². The maximum absolute atomic E-state index is 12.7. The van der Waals surface area contributed by atoms with Crippen molar-refractivity contribution < 1.29 is 9.59 Å². The molecular weight excluding hydrogens is 264 g/mol. The summed E-state index contributed by atoms with van der Waals surface area (Å²) in [7, 11) is 0. The zero-order valence-corrected chi connectivity index (χ0v) is 14.2. The van der Waals surface area contributed by atoms with E-state index in [1.165, 1.54) is 25.7 Å². The fourth-order valence-electron chi connectivity index (χ4n) is 2.97. The van der Waals surface area contributed by atoms with Crippen LogP contribution in [0.2, 0.25) is 0 Å². The fraction of sp³-hybridized carbons (Fsp3) is 0.882. The molecule has 122 valence electrons. The summed E-state index contributed by atoms with van der Waals surface area (Å²) >= 11 is 0. The molecule has 1 N–H and O–H groups in total. The maximum Gasteiger partial charge on any atom is 0.248 e. The molecule has 2 unspecified atom stereocenters. The van der Waals surface area contributed by atoms with Crippen LogP contribution in [-0.2, 0) is 9.59 Å². The number of amides is 2. The fourth-order valence-corrected chi connectivity index (χ4v) is 2.97. The van der Waals surface area contributed by atoms with Crippen molar-refractivity contribution in [3.63, 3.8) is 0 Å². The van der Waals surface area contributed by atoms with E-state index in [1.807, 2.05) is 25.7 Å². The van der Waals surface area contributed by atoms with Crippen LogP contribution in [0.3, 0.4) is 0 Å². The number of rotatable bonds is 9. The molecule has 0 spiro atoms. The SMILES string of the molecule is CCCCCCCCN1C(=O)C(C)(CC)NC(=O)C1CC. The number of carbonyl (C=O) groups excluding carboxylic acids is 2. The topological polar surface area (TPSA) is 49.4 Å². The Morgan fingerprint density at radius 1 is 1.05 bits per heavy atom. The van der Waals surface area contributed by atoms with Gasteiger partial charge in [0.05, 0.1) is 0 Å². The number of hydrogen-bond acceptors (Lipinski definition) is 2. The predicted molar refractivity (Wildman–Crippen MR) is 86.0 cm³/mol. The van der Waals surface area contributed by atoms with E-state index in [0.717, 1.165) is 12.8 Å². The number of unbranched alkanes of at least 4 members (excludes halogenated alkanes) is 5. The van der Waals surface area contributed by atoms with Gasteiger partial charge in [-0.25, -0.2) is 0 Å². The molecule has 2 atom stereocenters. The van der Waals surface area contributed by atoms with E-state index < -0.39 is 5.54 Å². The van der Waals surface area contributed by atoms with Crippen LogP contribution >= 0.6 is 0 Å². The Morgan fingerprint density at radius 2 is 1.67 bits per heavy atom. The van der Waals surface area contributed by atoms with Crippen molar-refractivity contribution in [3.8, 4) is 0 Å². The van der Waals surface area contributed by atoms with Crippen molar-refractivity contribution in [3.05, 3.63) is 0 Å². The van der Waals surface area contributed by atoms with E-state index in [9.17, 15) is 9.59 Å².